The number of quaternary nitrogens is 1. The molecular weight excluding hydrogens is 494 g/mol. The first-order chi connectivity index (χ1) is 20.3. The Kier molecular flexibility index (Phi) is 26.0. The van der Waals surface area contributed by atoms with Gasteiger partial charge in [-0.2, -0.15) is 0 Å². The molecule has 0 aliphatic heterocycles. The maximum atomic E-state index is 2.49. The minimum Gasteiger partial charge on any atom is -0.242 e. The van der Waals surface area contributed by atoms with Gasteiger partial charge in [-0.3, -0.25) is 0 Å². The van der Waals surface area contributed by atoms with Gasteiger partial charge in [0.15, 0.2) is 0 Å². The number of unbranched alkanes of at least 4 members (excludes halogenated alkanes) is 21. The Morgan fingerprint density at radius 2 is 0.732 bits per heavy atom. The highest BCUT2D eigenvalue weighted by Gasteiger charge is 2.19. The van der Waals surface area contributed by atoms with Crippen molar-refractivity contribution >= 4 is 0 Å². The van der Waals surface area contributed by atoms with Crippen LogP contribution in [0.2, 0.25) is 0 Å². The van der Waals surface area contributed by atoms with Gasteiger partial charge in [-0.1, -0.05) is 167 Å². The average molecular weight is 565 g/mol. The van der Waals surface area contributed by atoms with E-state index >= 15 is 0 Å². The summed E-state index contributed by atoms with van der Waals surface area (Å²) in [6, 6.07) is 11.1. The highest BCUT2D eigenvalue weighted by Crippen LogP contribution is 2.22. The minimum absolute atomic E-state index is 0.813. The van der Waals surface area contributed by atoms with E-state index in [1.54, 1.807) is 0 Å². The van der Waals surface area contributed by atoms with Crippen LogP contribution in [0.3, 0.4) is 0 Å². The van der Waals surface area contributed by atoms with Crippen molar-refractivity contribution in [2.45, 2.75) is 181 Å². The lowest BCUT2D eigenvalue weighted by Crippen LogP contribution is -2.30. The van der Waals surface area contributed by atoms with E-state index in [2.05, 4.69) is 87.9 Å². The van der Waals surface area contributed by atoms with Gasteiger partial charge in [0, 0.05) is 5.56 Å². The van der Waals surface area contributed by atoms with Crippen molar-refractivity contribution in [3.63, 3.8) is 0 Å². The number of allylic oxidation sites excluding steroid dienone is 3. The fourth-order valence-electron chi connectivity index (χ4n) is 5.68. The van der Waals surface area contributed by atoms with Crippen molar-refractivity contribution in [3.8, 4) is 0 Å². The standard InChI is InChI=1S/C40H70N/c1-4-7-10-13-16-19-22-25-31-36-41(39-40-34-29-28-30-35-40,37-32-26-23-20-17-14-11-8-5-2)38-33-27-24-21-18-15-12-9-6-3/h28-38H,4-27,39H2,1-3H3/q+1/b36-31-,37-32+,38-33+. The summed E-state index contributed by atoms with van der Waals surface area (Å²) in [7, 11) is 0. The van der Waals surface area contributed by atoms with Crippen molar-refractivity contribution in [1.82, 2.24) is 0 Å². The third-order valence-electron chi connectivity index (χ3n) is 8.37. The molecule has 41 heavy (non-hydrogen) atoms. The Morgan fingerprint density at radius 3 is 1.07 bits per heavy atom. The number of rotatable bonds is 29. The predicted molar refractivity (Wildman–Crippen MR) is 186 cm³/mol. The Morgan fingerprint density at radius 1 is 0.415 bits per heavy atom. The van der Waals surface area contributed by atoms with Crippen LogP contribution in [-0.4, -0.2) is 4.48 Å². The van der Waals surface area contributed by atoms with Gasteiger partial charge in [0.05, 0.1) is 0 Å². The third-order valence-corrected chi connectivity index (χ3v) is 8.37. The lowest BCUT2D eigenvalue weighted by molar-refractivity contribution is -0.788. The number of nitrogens with zero attached hydrogens (tertiary/aromatic N) is 1. The quantitative estimate of drug-likeness (QED) is 0.0670. The highest BCUT2D eigenvalue weighted by atomic mass is 15.3. The first-order valence-electron chi connectivity index (χ1n) is 18.2. The molecule has 1 heteroatoms. The zero-order chi connectivity index (χ0) is 29.5. The highest BCUT2D eigenvalue weighted by molar-refractivity contribution is 5.14. The Balaban J connectivity index is 2.80. The number of hydrogen-bond acceptors (Lipinski definition) is 0. The smallest absolute Gasteiger partial charge is 0.117 e. The summed E-state index contributed by atoms with van der Waals surface area (Å²) in [5.74, 6) is 0. The van der Waals surface area contributed by atoms with E-state index in [1.807, 2.05) is 0 Å². The largest absolute Gasteiger partial charge is 0.242 e. The average Bonchev–Trinajstić information content (AvgIpc) is 2.99. The van der Waals surface area contributed by atoms with Crippen LogP contribution in [0.1, 0.15) is 180 Å². The summed E-state index contributed by atoms with van der Waals surface area (Å²) in [5, 5.41) is 0. The minimum atomic E-state index is 0.813. The Bertz CT molecular complexity index is 674. The van der Waals surface area contributed by atoms with Crippen LogP contribution in [0.25, 0.3) is 0 Å². The van der Waals surface area contributed by atoms with Gasteiger partial charge in [-0.05, 0) is 56.8 Å². The van der Waals surface area contributed by atoms with E-state index in [-0.39, 0.29) is 0 Å². The molecule has 1 aromatic rings. The molecule has 0 radical (unpaired) electrons. The summed E-state index contributed by atoms with van der Waals surface area (Å²) in [6.07, 6.45) is 47.4. The first-order valence-corrected chi connectivity index (χ1v) is 18.2. The van der Waals surface area contributed by atoms with Crippen molar-refractivity contribution in [2.75, 3.05) is 0 Å². The summed E-state index contributed by atoms with van der Waals surface area (Å²) in [4.78, 5) is 0. The van der Waals surface area contributed by atoms with Crippen LogP contribution in [0.5, 0.6) is 0 Å². The summed E-state index contributed by atoms with van der Waals surface area (Å²) in [6.45, 7) is 7.90. The van der Waals surface area contributed by atoms with Crippen LogP contribution >= 0.6 is 0 Å². The normalized spacial score (nSPS) is 12.5. The van der Waals surface area contributed by atoms with E-state index < -0.39 is 0 Å². The lowest BCUT2D eigenvalue weighted by Gasteiger charge is -2.27. The van der Waals surface area contributed by atoms with Gasteiger partial charge in [0.2, 0.25) is 0 Å². The summed E-state index contributed by atoms with van der Waals surface area (Å²) >= 11 is 0. The molecule has 0 N–H and O–H groups in total. The Hall–Kier alpha value is -1.60. The molecule has 1 nitrogen and oxygen atoms in total. The third kappa shape index (κ3) is 22.6. The van der Waals surface area contributed by atoms with Crippen LogP contribution in [0, 0.1) is 0 Å². The first kappa shape index (κ1) is 37.4. The van der Waals surface area contributed by atoms with Crippen LogP contribution in [-0.2, 0) is 6.54 Å². The van der Waals surface area contributed by atoms with Gasteiger partial charge < -0.3 is 0 Å². The van der Waals surface area contributed by atoms with Crippen molar-refractivity contribution < 1.29 is 4.48 Å². The molecule has 0 aliphatic rings. The molecule has 1 aromatic carbocycles. The zero-order valence-corrected chi connectivity index (χ0v) is 28.0. The van der Waals surface area contributed by atoms with Crippen molar-refractivity contribution in [3.05, 3.63) is 72.7 Å². The van der Waals surface area contributed by atoms with Crippen LogP contribution in [0.15, 0.2) is 67.2 Å². The second-order valence-electron chi connectivity index (χ2n) is 12.5. The lowest BCUT2D eigenvalue weighted by atomic mass is 10.1. The van der Waals surface area contributed by atoms with E-state index in [9.17, 15) is 0 Å². The molecule has 0 aromatic heterocycles. The molecule has 0 amide bonds. The molecule has 0 unspecified atom stereocenters. The molecule has 0 bridgehead atoms. The molecule has 0 fully saturated rings. The topological polar surface area (TPSA) is 0 Å². The van der Waals surface area contributed by atoms with Gasteiger partial charge in [-0.25, -0.2) is 4.48 Å². The van der Waals surface area contributed by atoms with E-state index in [0.717, 1.165) is 11.0 Å². The fraction of sp³-hybridized carbons (Fsp3) is 0.700. The zero-order valence-electron chi connectivity index (χ0n) is 28.0. The SMILES string of the molecule is CCCCCCCCC/C=C\[N+](/C=C/CCCCCCCCC)(/C=C/CCCCCCCCC)Cc1ccccc1. The molecule has 0 saturated carbocycles. The second-order valence-corrected chi connectivity index (χ2v) is 12.5. The molecular formula is C40H70N+. The Labute approximate surface area is 258 Å². The molecule has 0 spiro atoms. The van der Waals surface area contributed by atoms with Gasteiger partial charge in [0.1, 0.15) is 25.1 Å². The summed E-state index contributed by atoms with van der Waals surface area (Å²) < 4.78 is 0.813. The molecule has 0 saturated heterocycles. The van der Waals surface area contributed by atoms with Gasteiger partial charge >= 0.3 is 0 Å². The van der Waals surface area contributed by atoms with Crippen LogP contribution in [0.4, 0.5) is 0 Å². The van der Waals surface area contributed by atoms with Gasteiger partial charge in [-0.15, -0.1) is 0 Å². The van der Waals surface area contributed by atoms with Crippen molar-refractivity contribution in [2.24, 2.45) is 0 Å². The van der Waals surface area contributed by atoms with E-state index in [0.29, 0.717) is 0 Å². The maximum Gasteiger partial charge on any atom is 0.117 e. The maximum absolute atomic E-state index is 2.49. The van der Waals surface area contributed by atoms with Crippen LogP contribution < -0.4 is 0 Å². The van der Waals surface area contributed by atoms with E-state index in [4.69, 9.17) is 0 Å². The molecule has 0 aliphatic carbocycles. The van der Waals surface area contributed by atoms with Gasteiger partial charge in [0.25, 0.3) is 0 Å². The van der Waals surface area contributed by atoms with E-state index in [1.165, 1.54) is 160 Å². The molecule has 0 atom stereocenters. The fourth-order valence-corrected chi connectivity index (χ4v) is 5.68. The second kappa shape index (κ2) is 28.5. The monoisotopic (exact) mass is 565 g/mol. The van der Waals surface area contributed by atoms with Crippen molar-refractivity contribution in [1.29, 1.82) is 0 Å². The summed E-state index contributed by atoms with van der Waals surface area (Å²) in [5.41, 5.74) is 1.41. The predicted octanol–water partition coefficient (Wildman–Crippen LogP) is 14.0. The molecule has 0 heterocycles. The molecule has 1 rings (SSSR count). The molecule has 234 valence electrons. The number of benzene rings is 1. The number of hydrogen-bond donors (Lipinski definition) is 0.